The minimum Gasteiger partial charge on any atom is -0.465 e. The molecule has 3 nitrogen and oxygen atoms in total. The maximum Gasteiger partial charge on any atom is 0.425 e. The summed E-state index contributed by atoms with van der Waals surface area (Å²) in [6, 6.07) is 1.42. The van der Waals surface area contributed by atoms with Crippen molar-refractivity contribution in [1.29, 1.82) is 0 Å². The van der Waals surface area contributed by atoms with Crippen molar-refractivity contribution in [3.63, 3.8) is 0 Å². The molecule has 0 aliphatic heterocycles. The predicted octanol–water partition coefficient (Wildman–Crippen LogP) is 3.95. The van der Waals surface area contributed by atoms with Gasteiger partial charge in [0.15, 0.2) is 6.10 Å². The molecule has 7 heteroatoms. The number of hydrogen-bond acceptors (Lipinski definition) is 3. The number of nitrogens with one attached hydrogen (secondary N) is 1. The van der Waals surface area contributed by atoms with Gasteiger partial charge >= 0.3 is 6.18 Å². The summed E-state index contributed by atoms with van der Waals surface area (Å²) >= 11 is 5.97. The first-order chi connectivity index (χ1) is 8.99. The number of nitrogens with zero attached hydrogens (tertiary/aromatic N) is 1. The lowest BCUT2D eigenvalue weighted by Crippen LogP contribution is -2.35. The monoisotopic (exact) mass is 310 g/mol. The Hall–Kier alpha value is -1.01. The zero-order chi connectivity index (χ0) is 15.6. The second kappa shape index (κ2) is 6.18. The van der Waals surface area contributed by atoms with E-state index in [4.69, 9.17) is 16.3 Å². The Morgan fingerprint density at radius 3 is 2.45 bits per heavy atom. The van der Waals surface area contributed by atoms with Crippen LogP contribution in [0.1, 0.15) is 33.3 Å². The van der Waals surface area contributed by atoms with E-state index in [-0.39, 0.29) is 11.4 Å². The van der Waals surface area contributed by atoms with Crippen LogP contribution in [0.15, 0.2) is 12.3 Å². The van der Waals surface area contributed by atoms with E-state index in [2.05, 4.69) is 10.3 Å². The minimum absolute atomic E-state index is 0.0927. The number of pyridine rings is 1. The third-order valence-corrected chi connectivity index (χ3v) is 2.82. The highest BCUT2D eigenvalue weighted by Gasteiger charge is 2.38. The second-order valence-electron chi connectivity index (χ2n) is 5.52. The molecule has 1 heterocycles. The van der Waals surface area contributed by atoms with E-state index in [9.17, 15) is 13.2 Å². The van der Waals surface area contributed by atoms with Crippen molar-refractivity contribution in [2.45, 2.75) is 52.1 Å². The fourth-order valence-electron chi connectivity index (χ4n) is 1.27. The molecule has 0 amide bonds. The molecular formula is C13H18ClF3N2O. The molecule has 0 fully saturated rings. The fraction of sp³-hybridized carbons (Fsp3) is 0.615. The van der Waals surface area contributed by atoms with Crippen molar-refractivity contribution < 1.29 is 17.9 Å². The van der Waals surface area contributed by atoms with Gasteiger partial charge in [-0.3, -0.25) is 0 Å². The smallest absolute Gasteiger partial charge is 0.425 e. The van der Waals surface area contributed by atoms with E-state index in [1.165, 1.54) is 12.3 Å². The van der Waals surface area contributed by atoms with Crippen molar-refractivity contribution >= 4 is 11.6 Å². The summed E-state index contributed by atoms with van der Waals surface area (Å²) < 4.78 is 42.1. The van der Waals surface area contributed by atoms with Crippen molar-refractivity contribution in [2.75, 3.05) is 0 Å². The number of alkyl halides is 3. The SMILES string of the molecule is CC(Oc1cc(CNC(C)(C)C)c(Cl)cn1)C(F)(F)F. The molecule has 0 saturated carbocycles. The van der Waals surface area contributed by atoms with Crippen LogP contribution in [0.4, 0.5) is 13.2 Å². The highest BCUT2D eigenvalue weighted by molar-refractivity contribution is 6.31. The molecular weight excluding hydrogens is 293 g/mol. The maximum absolute atomic E-state index is 12.4. The maximum atomic E-state index is 12.4. The Labute approximate surface area is 121 Å². The Morgan fingerprint density at radius 2 is 1.95 bits per heavy atom. The highest BCUT2D eigenvalue weighted by Crippen LogP contribution is 2.26. The lowest BCUT2D eigenvalue weighted by Gasteiger charge is -2.21. The van der Waals surface area contributed by atoms with E-state index in [0.717, 1.165) is 6.92 Å². The van der Waals surface area contributed by atoms with Crippen molar-refractivity contribution in [1.82, 2.24) is 10.3 Å². The molecule has 20 heavy (non-hydrogen) atoms. The van der Waals surface area contributed by atoms with E-state index >= 15 is 0 Å². The fourth-order valence-corrected chi connectivity index (χ4v) is 1.44. The average molecular weight is 311 g/mol. The van der Waals surface area contributed by atoms with Gasteiger partial charge in [0.2, 0.25) is 5.88 Å². The number of aromatic nitrogens is 1. The second-order valence-corrected chi connectivity index (χ2v) is 5.93. The molecule has 1 unspecified atom stereocenters. The molecule has 0 aliphatic rings. The molecule has 0 bridgehead atoms. The van der Waals surface area contributed by atoms with Gasteiger partial charge < -0.3 is 10.1 Å². The van der Waals surface area contributed by atoms with Gasteiger partial charge in [-0.1, -0.05) is 11.6 Å². The van der Waals surface area contributed by atoms with Crippen LogP contribution < -0.4 is 10.1 Å². The number of rotatable bonds is 4. The first-order valence-corrected chi connectivity index (χ1v) is 6.49. The summed E-state index contributed by atoms with van der Waals surface area (Å²) in [5.74, 6) is -0.0927. The Morgan fingerprint density at radius 1 is 1.35 bits per heavy atom. The molecule has 0 spiro atoms. The van der Waals surface area contributed by atoms with Gasteiger partial charge in [-0.2, -0.15) is 13.2 Å². The van der Waals surface area contributed by atoms with Gasteiger partial charge in [0.1, 0.15) is 0 Å². The van der Waals surface area contributed by atoms with Crippen LogP contribution in [0.2, 0.25) is 5.02 Å². The standard InChI is InChI=1S/C13H18ClF3N2O/c1-8(13(15,16)17)20-11-5-9(10(14)7-18-11)6-19-12(2,3)4/h5,7-8,19H,6H2,1-4H3. The van der Waals surface area contributed by atoms with Crippen LogP contribution in [-0.4, -0.2) is 22.8 Å². The first kappa shape index (κ1) is 17.0. The van der Waals surface area contributed by atoms with Crippen LogP contribution in [0.5, 0.6) is 5.88 Å². The normalized spacial score (nSPS) is 14.2. The van der Waals surface area contributed by atoms with E-state index < -0.39 is 12.3 Å². The van der Waals surface area contributed by atoms with Gasteiger partial charge in [0.25, 0.3) is 0 Å². The number of halogens is 4. The van der Waals surface area contributed by atoms with Gasteiger partial charge in [0, 0.05) is 24.3 Å². The topological polar surface area (TPSA) is 34.1 Å². The molecule has 0 aromatic carbocycles. The zero-order valence-corrected chi connectivity index (χ0v) is 12.6. The summed E-state index contributed by atoms with van der Waals surface area (Å²) in [5.41, 5.74) is 0.508. The van der Waals surface area contributed by atoms with Gasteiger partial charge in [0.05, 0.1) is 5.02 Å². The van der Waals surface area contributed by atoms with E-state index in [1.54, 1.807) is 0 Å². The molecule has 1 rings (SSSR count). The average Bonchev–Trinajstić information content (AvgIpc) is 2.27. The molecule has 1 N–H and O–H groups in total. The lowest BCUT2D eigenvalue weighted by atomic mass is 10.1. The summed E-state index contributed by atoms with van der Waals surface area (Å²) in [6.45, 7) is 7.28. The summed E-state index contributed by atoms with van der Waals surface area (Å²) in [5, 5.41) is 3.58. The molecule has 0 aliphatic carbocycles. The predicted molar refractivity (Wildman–Crippen MR) is 72.0 cm³/mol. The van der Waals surface area contributed by atoms with Crippen molar-refractivity contribution in [2.24, 2.45) is 0 Å². The molecule has 1 atom stereocenters. The third kappa shape index (κ3) is 5.54. The quantitative estimate of drug-likeness (QED) is 0.914. The summed E-state index contributed by atoms with van der Waals surface area (Å²) in [4.78, 5) is 3.75. The third-order valence-electron chi connectivity index (χ3n) is 2.48. The summed E-state index contributed by atoms with van der Waals surface area (Å²) in [6.07, 6.45) is -5.05. The van der Waals surface area contributed by atoms with E-state index in [1.807, 2.05) is 20.8 Å². The van der Waals surface area contributed by atoms with E-state index in [0.29, 0.717) is 17.1 Å². The zero-order valence-electron chi connectivity index (χ0n) is 11.8. The Bertz CT molecular complexity index is 458. The lowest BCUT2D eigenvalue weighted by molar-refractivity contribution is -0.190. The van der Waals surface area contributed by atoms with Crippen LogP contribution in [-0.2, 0) is 6.54 Å². The van der Waals surface area contributed by atoms with Gasteiger partial charge in [-0.15, -0.1) is 0 Å². The van der Waals surface area contributed by atoms with Gasteiger partial charge in [-0.05, 0) is 33.3 Å². The van der Waals surface area contributed by atoms with Gasteiger partial charge in [-0.25, -0.2) is 4.98 Å². The van der Waals surface area contributed by atoms with Crippen molar-refractivity contribution in [3.8, 4) is 5.88 Å². The minimum atomic E-state index is -4.43. The Balaban J connectivity index is 2.81. The highest BCUT2D eigenvalue weighted by atomic mass is 35.5. The number of hydrogen-bond donors (Lipinski definition) is 1. The molecule has 114 valence electrons. The van der Waals surface area contributed by atoms with Crippen LogP contribution in [0.25, 0.3) is 0 Å². The molecule has 1 aromatic rings. The van der Waals surface area contributed by atoms with Crippen LogP contribution in [0, 0.1) is 0 Å². The largest absolute Gasteiger partial charge is 0.465 e. The Kier molecular flexibility index (Phi) is 5.27. The molecule has 0 radical (unpaired) electrons. The van der Waals surface area contributed by atoms with Crippen LogP contribution in [0.3, 0.4) is 0 Å². The first-order valence-electron chi connectivity index (χ1n) is 6.12. The van der Waals surface area contributed by atoms with Crippen LogP contribution >= 0.6 is 11.6 Å². The number of ether oxygens (including phenoxy) is 1. The molecule has 1 aromatic heterocycles. The van der Waals surface area contributed by atoms with Crippen molar-refractivity contribution in [3.05, 3.63) is 22.8 Å². The summed E-state index contributed by atoms with van der Waals surface area (Å²) in [7, 11) is 0. The molecule has 0 saturated heterocycles.